The van der Waals surface area contributed by atoms with E-state index < -0.39 is 6.09 Å². The van der Waals surface area contributed by atoms with Gasteiger partial charge in [0.2, 0.25) is 0 Å². The Morgan fingerprint density at radius 1 is 1.33 bits per heavy atom. The number of hydrogen-bond acceptors (Lipinski definition) is 5. The van der Waals surface area contributed by atoms with Gasteiger partial charge in [0, 0.05) is 37.1 Å². The number of methoxy groups -OCH3 is 1. The maximum absolute atomic E-state index is 12.9. The van der Waals surface area contributed by atoms with Crippen molar-refractivity contribution in [3.63, 3.8) is 0 Å². The van der Waals surface area contributed by atoms with Crippen LogP contribution in [0.15, 0.2) is 6.07 Å². The molecule has 2 aliphatic rings. The number of thiophene rings is 1. The maximum atomic E-state index is 12.9. The van der Waals surface area contributed by atoms with Gasteiger partial charge in [0.1, 0.15) is 0 Å². The molecule has 24 heavy (non-hydrogen) atoms. The van der Waals surface area contributed by atoms with Gasteiger partial charge < -0.3 is 19.9 Å². The Morgan fingerprint density at radius 2 is 2.12 bits per heavy atom. The van der Waals surface area contributed by atoms with E-state index in [1.165, 1.54) is 17.6 Å². The fourth-order valence-corrected chi connectivity index (χ4v) is 4.60. The number of nitrogens with one attached hydrogen (secondary N) is 1. The number of amides is 2. The molecule has 1 saturated heterocycles. The summed E-state index contributed by atoms with van der Waals surface area (Å²) in [5.41, 5.74) is 1.33. The summed E-state index contributed by atoms with van der Waals surface area (Å²) in [7, 11) is 3.49. The Kier molecular flexibility index (Phi) is 5.40. The van der Waals surface area contributed by atoms with Crippen LogP contribution in [0, 0.1) is 0 Å². The van der Waals surface area contributed by atoms with Gasteiger partial charge in [-0.3, -0.25) is 4.79 Å². The van der Waals surface area contributed by atoms with E-state index in [0.29, 0.717) is 6.54 Å². The van der Waals surface area contributed by atoms with Crippen LogP contribution in [0.2, 0.25) is 0 Å². The molecule has 2 aliphatic heterocycles. The molecule has 6 nitrogen and oxygen atoms in total. The minimum Gasteiger partial charge on any atom is -0.453 e. The van der Waals surface area contributed by atoms with Gasteiger partial charge >= 0.3 is 6.09 Å². The van der Waals surface area contributed by atoms with Gasteiger partial charge in [-0.25, -0.2) is 4.79 Å². The van der Waals surface area contributed by atoms with Crippen LogP contribution in [0.5, 0.6) is 0 Å². The number of alkyl carbamates (subject to hydrolysis) is 1. The van der Waals surface area contributed by atoms with Gasteiger partial charge in [0.05, 0.1) is 12.0 Å². The summed E-state index contributed by atoms with van der Waals surface area (Å²) < 4.78 is 4.61. The summed E-state index contributed by atoms with van der Waals surface area (Å²) in [5, 5.41) is 2.72. The van der Waals surface area contributed by atoms with Crippen LogP contribution in [-0.4, -0.2) is 68.2 Å². The van der Waals surface area contributed by atoms with Crippen molar-refractivity contribution in [3.8, 4) is 0 Å². The Bertz CT molecular complexity index is 591. The summed E-state index contributed by atoms with van der Waals surface area (Å²) in [6, 6.07) is 2.15. The topological polar surface area (TPSA) is 61.9 Å². The number of fused-ring (bicyclic) bond motifs is 1. The molecule has 0 saturated carbocycles. The summed E-state index contributed by atoms with van der Waals surface area (Å²) in [5.74, 6) is 0.107. The van der Waals surface area contributed by atoms with E-state index in [4.69, 9.17) is 0 Å². The highest BCUT2D eigenvalue weighted by atomic mass is 32.1. The molecule has 3 heterocycles. The van der Waals surface area contributed by atoms with Crippen LogP contribution >= 0.6 is 11.3 Å². The Labute approximate surface area is 146 Å². The lowest BCUT2D eigenvalue weighted by Gasteiger charge is -2.24. The number of nitrogens with zero attached hydrogens (tertiary/aromatic N) is 2. The van der Waals surface area contributed by atoms with E-state index in [-0.39, 0.29) is 11.9 Å². The van der Waals surface area contributed by atoms with Crippen LogP contribution in [-0.2, 0) is 17.6 Å². The third-order valence-corrected chi connectivity index (χ3v) is 6.12. The standard InChI is InChI=1S/C17H25N3O3S/c1-19-8-5-12-10-15(24-14(12)6-9-19)16(21)20-7-3-4-13(20)11-18-17(22)23-2/h10,13H,3-9,11H2,1-2H3,(H,18,22)/t13-/m0/s1. The fraction of sp³-hybridized carbons (Fsp3) is 0.647. The zero-order valence-electron chi connectivity index (χ0n) is 14.3. The monoisotopic (exact) mass is 351 g/mol. The zero-order chi connectivity index (χ0) is 17.1. The molecule has 0 aliphatic carbocycles. The molecular formula is C17H25N3O3S. The fourth-order valence-electron chi connectivity index (χ4n) is 3.44. The lowest BCUT2D eigenvalue weighted by molar-refractivity contribution is 0.0738. The van der Waals surface area contributed by atoms with Crippen molar-refractivity contribution in [1.29, 1.82) is 0 Å². The van der Waals surface area contributed by atoms with Gasteiger partial charge in [-0.2, -0.15) is 0 Å². The normalized spacial score (nSPS) is 21.2. The van der Waals surface area contributed by atoms with E-state index in [1.54, 1.807) is 11.3 Å². The third-order valence-electron chi connectivity index (χ3n) is 4.90. The van der Waals surface area contributed by atoms with Gasteiger partial charge in [0.25, 0.3) is 5.91 Å². The Morgan fingerprint density at radius 3 is 2.92 bits per heavy atom. The molecule has 1 atom stereocenters. The molecule has 0 unspecified atom stereocenters. The van der Waals surface area contributed by atoms with Crippen molar-refractivity contribution in [2.45, 2.75) is 31.7 Å². The molecule has 3 rings (SSSR count). The summed E-state index contributed by atoms with van der Waals surface area (Å²) >= 11 is 1.65. The van der Waals surface area contributed by atoms with Gasteiger partial charge in [0.15, 0.2) is 0 Å². The number of ether oxygens (including phenoxy) is 1. The lowest BCUT2D eigenvalue weighted by Crippen LogP contribution is -2.42. The highest BCUT2D eigenvalue weighted by molar-refractivity contribution is 7.14. The van der Waals surface area contributed by atoms with Gasteiger partial charge in [-0.15, -0.1) is 11.3 Å². The van der Waals surface area contributed by atoms with E-state index in [2.05, 4.69) is 28.1 Å². The molecule has 0 spiro atoms. The average Bonchev–Trinajstić information content (AvgIpc) is 3.18. The number of carbonyl (C=O) groups excluding carboxylic acids is 2. The molecular weight excluding hydrogens is 326 g/mol. The number of likely N-dealkylation sites (tertiary alicyclic amines) is 1. The first-order valence-corrected chi connectivity index (χ1v) is 9.33. The summed E-state index contributed by atoms with van der Waals surface area (Å²) in [6.07, 6.45) is 3.50. The molecule has 1 aromatic heterocycles. The van der Waals surface area contributed by atoms with E-state index in [1.807, 2.05) is 4.90 Å². The van der Waals surface area contributed by atoms with Crippen LogP contribution in [0.4, 0.5) is 4.79 Å². The number of carbonyl (C=O) groups is 2. The molecule has 1 fully saturated rings. The number of likely N-dealkylation sites (N-methyl/N-ethyl adjacent to an activating group) is 1. The largest absolute Gasteiger partial charge is 0.453 e. The van der Waals surface area contributed by atoms with Crippen molar-refractivity contribution >= 4 is 23.3 Å². The molecule has 1 aromatic rings. The minimum atomic E-state index is -0.443. The zero-order valence-corrected chi connectivity index (χ0v) is 15.2. The van der Waals surface area contributed by atoms with Crippen LogP contribution < -0.4 is 5.32 Å². The first-order valence-electron chi connectivity index (χ1n) is 8.51. The predicted molar refractivity (Wildman–Crippen MR) is 93.7 cm³/mol. The number of hydrogen-bond donors (Lipinski definition) is 1. The summed E-state index contributed by atoms with van der Waals surface area (Å²) in [6.45, 7) is 3.31. The molecule has 7 heteroatoms. The SMILES string of the molecule is COC(=O)NC[C@@H]1CCCN1C(=O)c1cc2c(s1)CCN(C)CC2. The minimum absolute atomic E-state index is 0.0599. The van der Waals surface area contributed by atoms with Crippen LogP contribution in [0.25, 0.3) is 0 Å². The van der Waals surface area contributed by atoms with E-state index in [0.717, 1.165) is 50.2 Å². The van der Waals surface area contributed by atoms with Crippen molar-refractivity contribution in [2.24, 2.45) is 0 Å². The van der Waals surface area contributed by atoms with Gasteiger partial charge in [-0.05, 0) is 44.4 Å². The molecule has 132 valence electrons. The molecule has 0 radical (unpaired) electrons. The van der Waals surface area contributed by atoms with Crippen molar-refractivity contribution in [2.75, 3.05) is 40.3 Å². The lowest BCUT2D eigenvalue weighted by atomic mass is 10.1. The van der Waals surface area contributed by atoms with Crippen molar-refractivity contribution in [1.82, 2.24) is 15.1 Å². The third kappa shape index (κ3) is 3.72. The molecule has 0 aromatic carbocycles. The molecule has 1 N–H and O–H groups in total. The number of rotatable bonds is 3. The molecule has 2 amide bonds. The summed E-state index contributed by atoms with van der Waals surface area (Å²) in [4.78, 5) is 30.6. The van der Waals surface area contributed by atoms with Crippen LogP contribution in [0.3, 0.4) is 0 Å². The van der Waals surface area contributed by atoms with Crippen molar-refractivity contribution in [3.05, 3.63) is 21.4 Å². The second kappa shape index (κ2) is 7.53. The Balaban J connectivity index is 1.67. The maximum Gasteiger partial charge on any atom is 0.406 e. The van der Waals surface area contributed by atoms with E-state index >= 15 is 0 Å². The van der Waals surface area contributed by atoms with Crippen molar-refractivity contribution < 1.29 is 14.3 Å². The van der Waals surface area contributed by atoms with Crippen LogP contribution in [0.1, 0.15) is 33.0 Å². The van der Waals surface area contributed by atoms with Gasteiger partial charge in [-0.1, -0.05) is 0 Å². The predicted octanol–water partition coefficient (Wildman–Crippen LogP) is 1.74. The smallest absolute Gasteiger partial charge is 0.406 e. The first kappa shape index (κ1) is 17.2. The average molecular weight is 351 g/mol. The molecule has 0 bridgehead atoms. The highest BCUT2D eigenvalue weighted by Crippen LogP contribution is 2.29. The first-order chi connectivity index (χ1) is 11.6. The highest BCUT2D eigenvalue weighted by Gasteiger charge is 2.31. The second-order valence-corrected chi connectivity index (χ2v) is 7.67. The second-order valence-electron chi connectivity index (χ2n) is 6.53. The Hall–Kier alpha value is -1.60. The quantitative estimate of drug-likeness (QED) is 0.901. The van der Waals surface area contributed by atoms with E-state index in [9.17, 15) is 9.59 Å².